The summed E-state index contributed by atoms with van der Waals surface area (Å²) in [4.78, 5) is 26.3. The third kappa shape index (κ3) is 3.81. The van der Waals surface area contributed by atoms with Crippen molar-refractivity contribution in [3.05, 3.63) is 0 Å². The molecule has 0 aromatic heterocycles. The number of aliphatic hydroxyl groups excluding tert-OH is 1. The van der Waals surface area contributed by atoms with Crippen molar-refractivity contribution in [2.45, 2.75) is 26.2 Å². The first kappa shape index (κ1) is 13.0. The van der Waals surface area contributed by atoms with Crippen LogP contribution < -0.4 is 0 Å². The molecule has 0 aromatic carbocycles. The van der Waals surface area contributed by atoms with Crippen molar-refractivity contribution in [2.24, 2.45) is 0 Å². The average molecular weight is 228 g/mol. The Morgan fingerprint density at radius 2 is 1.62 bits per heavy atom. The number of carbonyl (C=O) groups excluding carboxylic acids is 2. The molecule has 0 spiro atoms. The first-order valence-electron chi connectivity index (χ1n) is 5.79. The molecule has 0 bridgehead atoms. The van der Waals surface area contributed by atoms with Crippen LogP contribution in [0.4, 0.5) is 0 Å². The number of hydrogen-bond acceptors (Lipinski definition) is 3. The molecule has 5 heteroatoms. The first-order chi connectivity index (χ1) is 7.65. The molecule has 1 fully saturated rings. The van der Waals surface area contributed by atoms with Gasteiger partial charge < -0.3 is 14.9 Å². The standard InChI is InChI=1S/C11H20N2O3/c1-10(15)12-5-7-13(8-6-12)11(16)4-2-3-9-14/h14H,2-9H2,1H3. The van der Waals surface area contributed by atoms with Gasteiger partial charge in [0.2, 0.25) is 11.8 Å². The summed E-state index contributed by atoms with van der Waals surface area (Å²) in [7, 11) is 0. The van der Waals surface area contributed by atoms with Crippen LogP contribution in [0.5, 0.6) is 0 Å². The zero-order valence-corrected chi connectivity index (χ0v) is 9.81. The van der Waals surface area contributed by atoms with Gasteiger partial charge in [-0.2, -0.15) is 0 Å². The molecule has 0 aromatic rings. The van der Waals surface area contributed by atoms with Gasteiger partial charge >= 0.3 is 0 Å². The molecule has 0 atom stereocenters. The van der Waals surface area contributed by atoms with E-state index in [9.17, 15) is 9.59 Å². The van der Waals surface area contributed by atoms with Crippen molar-refractivity contribution in [1.82, 2.24) is 9.80 Å². The fourth-order valence-electron chi connectivity index (χ4n) is 1.82. The summed E-state index contributed by atoms with van der Waals surface area (Å²) >= 11 is 0. The Morgan fingerprint density at radius 1 is 1.06 bits per heavy atom. The van der Waals surface area contributed by atoms with Crippen LogP contribution in [-0.4, -0.2) is 59.5 Å². The van der Waals surface area contributed by atoms with Crippen LogP contribution in [0.3, 0.4) is 0 Å². The van der Waals surface area contributed by atoms with E-state index < -0.39 is 0 Å². The molecule has 1 rings (SSSR count). The van der Waals surface area contributed by atoms with E-state index in [-0.39, 0.29) is 18.4 Å². The summed E-state index contributed by atoms with van der Waals surface area (Å²) in [5.74, 6) is 0.212. The van der Waals surface area contributed by atoms with Crippen molar-refractivity contribution >= 4 is 11.8 Å². The maximum atomic E-state index is 11.7. The summed E-state index contributed by atoms with van der Waals surface area (Å²) in [6.07, 6.45) is 1.92. The van der Waals surface area contributed by atoms with Gasteiger partial charge in [-0.3, -0.25) is 9.59 Å². The highest BCUT2D eigenvalue weighted by Gasteiger charge is 2.21. The number of rotatable bonds is 4. The van der Waals surface area contributed by atoms with Crippen molar-refractivity contribution < 1.29 is 14.7 Å². The van der Waals surface area contributed by atoms with Crippen molar-refractivity contribution in [3.8, 4) is 0 Å². The maximum absolute atomic E-state index is 11.7. The van der Waals surface area contributed by atoms with Crippen LogP contribution in [0.25, 0.3) is 0 Å². The lowest BCUT2D eigenvalue weighted by atomic mass is 10.2. The fraction of sp³-hybridized carbons (Fsp3) is 0.818. The molecule has 1 aliphatic heterocycles. The zero-order chi connectivity index (χ0) is 12.0. The fourth-order valence-corrected chi connectivity index (χ4v) is 1.82. The molecule has 1 aliphatic rings. The first-order valence-corrected chi connectivity index (χ1v) is 5.79. The van der Waals surface area contributed by atoms with E-state index in [1.807, 2.05) is 0 Å². The lowest BCUT2D eigenvalue weighted by Crippen LogP contribution is -2.50. The van der Waals surface area contributed by atoms with E-state index in [1.165, 1.54) is 0 Å². The van der Waals surface area contributed by atoms with Crippen LogP contribution in [-0.2, 0) is 9.59 Å². The highest BCUT2D eigenvalue weighted by molar-refractivity contribution is 5.77. The molecule has 0 aliphatic carbocycles. The van der Waals surface area contributed by atoms with E-state index in [2.05, 4.69) is 0 Å². The average Bonchev–Trinajstić information content (AvgIpc) is 2.29. The highest BCUT2D eigenvalue weighted by atomic mass is 16.3. The summed E-state index contributed by atoms with van der Waals surface area (Å²) in [5.41, 5.74) is 0. The molecule has 1 N–H and O–H groups in total. The molecule has 92 valence electrons. The van der Waals surface area contributed by atoms with Gasteiger partial charge in [-0.25, -0.2) is 0 Å². The van der Waals surface area contributed by atoms with Gasteiger partial charge in [-0.05, 0) is 12.8 Å². The number of piperazine rings is 1. The zero-order valence-electron chi connectivity index (χ0n) is 9.81. The number of nitrogens with zero attached hydrogens (tertiary/aromatic N) is 2. The Morgan fingerprint density at radius 3 is 2.12 bits per heavy atom. The second-order valence-electron chi connectivity index (χ2n) is 4.07. The minimum atomic E-state index is 0.0763. The van der Waals surface area contributed by atoms with Crippen LogP contribution in [0.1, 0.15) is 26.2 Å². The van der Waals surface area contributed by atoms with Gasteiger partial charge in [0.05, 0.1) is 0 Å². The van der Waals surface area contributed by atoms with E-state index in [0.717, 1.165) is 6.42 Å². The Kier molecular flexibility index (Phi) is 5.25. The molecular weight excluding hydrogens is 208 g/mol. The van der Waals surface area contributed by atoms with Crippen LogP contribution >= 0.6 is 0 Å². The normalized spacial score (nSPS) is 16.4. The number of hydrogen-bond donors (Lipinski definition) is 1. The minimum Gasteiger partial charge on any atom is -0.396 e. The Hall–Kier alpha value is -1.10. The molecule has 2 amide bonds. The summed E-state index contributed by atoms with van der Waals surface area (Å²) in [6, 6.07) is 0. The molecular formula is C11H20N2O3. The van der Waals surface area contributed by atoms with Gasteiger partial charge in [-0.1, -0.05) is 0 Å². The number of aliphatic hydroxyl groups is 1. The molecule has 0 radical (unpaired) electrons. The summed E-state index contributed by atoms with van der Waals surface area (Å²) in [5, 5.41) is 8.62. The second kappa shape index (κ2) is 6.48. The second-order valence-corrected chi connectivity index (χ2v) is 4.07. The largest absolute Gasteiger partial charge is 0.396 e. The van der Waals surface area contributed by atoms with E-state index >= 15 is 0 Å². The summed E-state index contributed by atoms with van der Waals surface area (Å²) in [6.45, 7) is 4.25. The van der Waals surface area contributed by atoms with Gasteiger partial charge in [0.1, 0.15) is 0 Å². The molecule has 1 saturated heterocycles. The number of amides is 2. The number of carbonyl (C=O) groups is 2. The van der Waals surface area contributed by atoms with E-state index in [4.69, 9.17) is 5.11 Å². The lowest BCUT2D eigenvalue weighted by molar-refractivity contribution is -0.138. The Bertz CT molecular complexity index is 248. The SMILES string of the molecule is CC(=O)N1CCN(C(=O)CCCCO)CC1. The topological polar surface area (TPSA) is 60.9 Å². The Labute approximate surface area is 96.0 Å². The third-order valence-electron chi connectivity index (χ3n) is 2.88. The number of unbranched alkanes of at least 4 members (excludes halogenated alkanes) is 1. The predicted molar refractivity (Wildman–Crippen MR) is 59.8 cm³/mol. The maximum Gasteiger partial charge on any atom is 0.222 e. The van der Waals surface area contributed by atoms with E-state index in [0.29, 0.717) is 39.0 Å². The lowest BCUT2D eigenvalue weighted by Gasteiger charge is -2.34. The van der Waals surface area contributed by atoms with Gasteiger partial charge in [0.25, 0.3) is 0 Å². The minimum absolute atomic E-state index is 0.0763. The monoisotopic (exact) mass is 228 g/mol. The van der Waals surface area contributed by atoms with Crippen LogP contribution in [0, 0.1) is 0 Å². The van der Waals surface area contributed by atoms with Crippen molar-refractivity contribution in [3.63, 3.8) is 0 Å². The third-order valence-corrected chi connectivity index (χ3v) is 2.88. The molecule has 1 heterocycles. The summed E-state index contributed by atoms with van der Waals surface area (Å²) < 4.78 is 0. The predicted octanol–water partition coefficient (Wildman–Crippen LogP) is -0.160. The molecule has 5 nitrogen and oxygen atoms in total. The smallest absolute Gasteiger partial charge is 0.222 e. The van der Waals surface area contributed by atoms with Crippen LogP contribution in [0.15, 0.2) is 0 Å². The molecule has 0 saturated carbocycles. The van der Waals surface area contributed by atoms with Crippen molar-refractivity contribution in [1.29, 1.82) is 0 Å². The van der Waals surface area contributed by atoms with Crippen molar-refractivity contribution in [2.75, 3.05) is 32.8 Å². The molecule has 0 unspecified atom stereocenters. The van der Waals surface area contributed by atoms with Gasteiger partial charge in [0.15, 0.2) is 0 Å². The van der Waals surface area contributed by atoms with E-state index in [1.54, 1.807) is 16.7 Å². The van der Waals surface area contributed by atoms with Gasteiger partial charge in [0, 0.05) is 46.1 Å². The van der Waals surface area contributed by atoms with Crippen LogP contribution in [0.2, 0.25) is 0 Å². The highest BCUT2D eigenvalue weighted by Crippen LogP contribution is 2.06. The van der Waals surface area contributed by atoms with Gasteiger partial charge in [-0.15, -0.1) is 0 Å². The molecule has 16 heavy (non-hydrogen) atoms. The quantitative estimate of drug-likeness (QED) is 0.680. The Balaban J connectivity index is 2.25.